The number of halogens is 1. The smallest absolute Gasteiger partial charge is 0.186 e. The Morgan fingerprint density at radius 1 is 1.36 bits per heavy atom. The van der Waals surface area contributed by atoms with Crippen molar-refractivity contribution in [2.75, 3.05) is 0 Å². The van der Waals surface area contributed by atoms with Gasteiger partial charge in [0.25, 0.3) is 0 Å². The third-order valence-electron chi connectivity index (χ3n) is 1.87. The van der Waals surface area contributed by atoms with Gasteiger partial charge in [0.05, 0.1) is 8.08 Å². The van der Waals surface area contributed by atoms with Crippen molar-refractivity contribution >= 4 is 52.1 Å². The Balaban J connectivity index is 2.99. The molecule has 0 saturated heterocycles. The molecule has 1 aromatic carbocycles. The quantitative estimate of drug-likeness (QED) is 0.458. The van der Waals surface area contributed by atoms with Crippen LogP contribution in [0.3, 0.4) is 0 Å². The van der Waals surface area contributed by atoms with Crippen LogP contribution in [-0.2, 0) is 0 Å². The second-order valence-corrected chi connectivity index (χ2v) is 4.21. The highest BCUT2D eigenvalue weighted by atomic mass is 127. The molecule has 1 aromatic heterocycles. The molecule has 0 unspecified atom stereocenters. The first-order valence-electron chi connectivity index (χ1n) is 3.90. The van der Waals surface area contributed by atoms with Gasteiger partial charge in [0.1, 0.15) is 5.58 Å². The lowest BCUT2D eigenvalue weighted by Gasteiger charge is -2.00. The summed E-state index contributed by atoms with van der Waals surface area (Å²) in [5, 5.41) is 0.873. The number of hydrogen-bond acceptors (Lipinski definition) is 3. The Hall–Kier alpha value is -0.750. The fraction of sp³-hybridized carbons (Fsp3) is 0. The number of carbonyl (C=O) groups is 1. The number of fused-ring (bicyclic) bond motifs is 1. The van der Waals surface area contributed by atoms with E-state index in [1.165, 1.54) is 0 Å². The zero-order valence-corrected chi connectivity index (χ0v) is 9.96. The number of para-hydroxylation sites is 1. The molecule has 0 aliphatic heterocycles. The summed E-state index contributed by atoms with van der Waals surface area (Å²) in [6, 6.07) is 7.43. The van der Waals surface area contributed by atoms with Crippen LogP contribution in [0, 0.1) is 8.08 Å². The van der Waals surface area contributed by atoms with E-state index < -0.39 is 0 Å². The Morgan fingerprint density at radius 3 is 2.79 bits per heavy atom. The summed E-state index contributed by atoms with van der Waals surface area (Å²) in [5.74, 6) is 0.300. The minimum atomic E-state index is 0.300. The average molecular weight is 316 g/mol. The highest BCUT2D eigenvalue weighted by Crippen LogP contribution is 2.22. The molecule has 0 spiro atoms. The first kappa shape index (κ1) is 9.79. The molecule has 2 aromatic rings. The normalized spacial score (nSPS) is 10.4. The van der Waals surface area contributed by atoms with Crippen LogP contribution in [0.1, 0.15) is 10.6 Å². The predicted molar refractivity (Wildman–Crippen MR) is 65.2 cm³/mol. The van der Waals surface area contributed by atoms with E-state index in [0.29, 0.717) is 25.7 Å². The van der Waals surface area contributed by atoms with Crippen molar-refractivity contribution < 1.29 is 9.21 Å². The summed E-state index contributed by atoms with van der Waals surface area (Å²) in [6.45, 7) is 0. The molecule has 0 aliphatic rings. The standard InChI is InChI=1S/C10H5IO2S/c11-9-8(5-12)13-7-4-2-1-3-6(7)10(9)14/h1-5H. The third kappa shape index (κ3) is 1.48. The average Bonchev–Trinajstić information content (AvgIpc) is 2.23. The number of hydrogen-bond donors (Lipinski definition) is 0. The van der Waals surface area contributed by atoms with Crippen molar-refractivity contribution in [2.24, 2.45) is 0 Å². The monoisotopic (exact) mass is 316 g/mol. The van der Waals surface area contributed by atoms with E-state index in [1.807, 2.05) is 40.8 Å². The second-order valence-electron chi connectivity index (χ2n) is 2.72. The fourth-order valence-electron chi connectivity index (χ4n) is 1.21. The van der Waals surface area contributed by atoms with Crippen molar-refractivity contribution in [1.29, 1.82) is 0 Å². The third-order valence-corrected chi connectivity index (χ3v) is 3.74. The fourth-order valence-corrected chi connectivity index (χ4v) is 2.01. The summed E-state index contributed by atoms with van der Waals surface area (Å²) >= 11 is 7.25. The summed E-state index contributed by atoms with van der Waals surface area (Å²) < 4.78 is 6.76. The highest BCUT2D eigenvalue weighted by Gasteiger charge is 2.07. The van der Waals surface area contributed by atoms with Gasteiger partial charge in [0.15, 0.2) is 12.0 Å². The van der Waals surface area contributed by atoms with Crippen LogP contribution in [0.2, 0.25) is 0 Å². The molecule has 0 aliphatic carbocycles. The van der Waals surface area contributed by atoms with Crippen molar-refractivity contribution in [3.05, 3.63) is 38.1 Å². The molecule has 0 saturated carbocycles. The van der Waals surface area contributed by atoms with Gasteiger partial charge >= 0.3 is 0 Å². The van der Waals surface area contributed by atoms with Gasteiger partial charge < -0.3 is 4.42 Å². The van der Waals surface area contributed by atoms with Crippen molar-refractivity contribution in [3.8, 4) is 0 Å². The Kier molecular flexibility index (Phi) is 2.64. The molecule has 0 radical (unpaired) electrons. The summed E-state index contributed by atoms with van der Waals surface area (Å²) in [7, 11) is 0. The van der Waals surface area contributed by atoms with Gasteiger partial charge in [-0.05, 0) is 34.7 Å². The van der Waals surface area contributed by atoms with Crippen LogP contribution >= 0.6 is 34.8 Å². The van der Waals surface area contributed by atoms with Crippen LogP contribution in [0.25, 0.3) is 11.0 Å². The molecular formula is C10H5IO2S. The van der Waals surface area contributed by atoms with Gasteiger partial charge in [-0.1, -0.05) is 24.4 Å². The molecule has 0 amide bonds. The second kappa shape index (κ2) is 3.78. The number of rotatable bonds is 1. The molecule has 1 heterocycles. The van der Waals surface area contributed by atoms with Gasteiger partial charge in [0.2, 0.25) is 0 Å². The van der Waals surface area contributed by atoms with E-state index in [4.69, 9.17) is 16.6 Å². The molecule has 0 bridgehead atoms. The van der Waals surface area contributed by atoms with Crippen molar-refractivity contribution in [2.45, 2.75) is 0 Å². The van der Waals surface area contributed by atoms with E-state index in [9.17, 15) is 4.79 Å². The van der Waals surface area contributed by atoms with Gasteiger partial charge in [-0.3, -0.25) is 4.79 Å². The number of benzene rings is 1. The SMILES string of the molecule is O=Cc1oc2ccccc2c(=S)c1I. The molecule has 0 atom stereocenters. The minimum absolute atomic E-state index is 0.300. The lowest BCUT2D eigenvalue weighted by Crippen LogP contribution is -1.88. The summed E-state index contributed by atoms with van der Waals surface area (Å²) in [4.78, 5) is 10.7. The molecule has 70 valence electrons. The maximum Gasteiger partial charge on any atom is 0.186 e. The maximum absolute atomic E-state index is 10.7. The topological polar surface area (TPSA) is 30.2 Å². The van der Waals surface area contributed by atoms with Gasteiger partial charge in [-0.2, -0.15) is 0 Å². The van der Waals surface area contributed by atoms with E-state index in [1.54, 1.807) is 6.07 Å². The van der Waals surface area contributed by atoms with E-state index in [2.05, 4.69) is 0 Å². The summed E-state index contributed by atoms with van der Waals surface area (Å²) in [5.41, 5.74) is 0.653. The Morgan fingerprint density at radius 2 is 2.07 bits per heavy atom. The lowest BCUT2D eigenvalue weighted by molar-refractivity contribution is 0.110. The molecule has 2 nitrogen and oxygen atoms in total. The van der Waals surface area contributed by atoms with Crippen molar-refractivity contribution in [1.82, 2.24) is 0 Å². The largest absolute Gasteiger partial charge is 0.452 e. The van der Waals surface area contributed by atoms with Crippen LogP contribution in [0.4, 0.5) is 0 Å². The predicted octanol–water partition coefficient (Wildman–Crippen LogP) is 3.58. The highest BCUT2D eigenvalue weighted by molar-refractivity contribution is 14.1. The summed E-state index contributed by atoms with van der Waals surface area (Å²) in [6.07, 6.45) is 0.685. The van der Waals surface area contributed by atoms with E-state index in [-0.39, 0.29) is 0 Å². The number of carbonyl (C=O) groups excluding carboxylic acids is 1. The van der Waals surface area contributed by atoms with E-state index >= 15 is 0 Å². The van der Waals surface area contributed by atoms with Crippen LogP contribution in [-0.4, -0.2) is 6.29 Å². The number of aldehydes is 1. The zero-order chi connectivity index (χ0) is 10.1. The molecule has 2 rings (SSSR count). The maximum atomic E-state index is 10.7. The van der Waals surface area contributed by atoms with Crippen LogP contribution < -0.4 is 0 Å². The molecular weight excluding hydrogens is 311 g/mol. The molecule has 14 heavy (non-hydrogen) atoms. The first-order valence-corrected chi connectivity index (χ1v) is 5.39. The molecule has 0 fully saturated rings. The minimum Gasteiger partial charge on any atom is -0.452 e. The Labute approximate surface area is 99.1 Å². The molecule has 0 N–H and O–H groups in total. The van der Waals surface area contributed by atoms with Gasteiger partial charge in [-0.15, -0.1) is 0 Å². The van der Waals surface area contributed by atoms with Gasteiger partial charge in [-0.25, -0.2) is 0 Å². The molecule has 4 heteroatoms. The van der Waals surface area contributed by atoms with E-state index in [0.717, 1.165) is 5.39 Å². The van der Waals surface area contributed by atoms with Crippen molar-refractivity contribution in [3.63, 3.8) is 0 Å². The van der Waals surface area contributed by atoms with Crippen LogP contribution in [0.15, 0.2) is 28.7 Å². The van der Waals surface area contributed by atoms with Gasteiger partial charge in [0, 0.05) is 5.39 Å². The zero-order valence-electron chi connectivity index (χ0n) is 6.99. The lowest BCUT2D eigenvalue weighted by atomic mass is 10.2. The first-order chi connectivity index (χ1) is 6.74. The van der Waals surface area contributed by atoms with Crippen LogP contribution in [0.5, 0.6) is 0 Å². The Bertz CT molecular complexity index is 560.